The predicted octanol–water partition coefficient (Wildman–Crippen LogP) is 4.42. The molecule has 5 N–H and O–H groups in total. The summed E-state index contributed by atoms with van der Waals surface area (Å²) in [5, 5.41) is 24.8. The number of carbonyl (C=O) groups excluding carboxylic acids is 5. The number of halogens is 5. The molecule has 1 aliphatic carbocycles. The van der Waals surface area contributed by atoms with Gasteiger partial charge in [-0.2, -0.15) is 18.3 Å². The van der Waals surface area contributed by atoms with E-state index in [2.05, 4.69) is 5.32 Å². The van der Waals surface area contributed by atoms with E-state index in [1.165, 1.54) is 21.7 Å². The second kappa shape index (κ2) is 20.6. The molecule has 19 heteroatoms. The molecule has 5 rings (SSSR count). The fourth-order valence-electron chi connectivity index (χ4n) is 7.45. The average molecular weight is 861 g/mol. The van der Waals surface area contributed by atoms with Crippen molar-refractivity contribution in [2.75, 3.05) is 26.2 Å². The molecule has 2 aliphatic rings. The molecule has 1 saturated carbocycles. The number of aliphatic carboxylic acids is 1. The molecule has 0 spiro atoms. The van der Waals surface area contributed by atoms with Crippen LogP contribution in [-0.4, -0.2) is 104 Å². The highest BCUT2D eigenvalue weighted by molar-refractivity contribution is 6.12. The van der Waals surface area contributed by atoms with Gasteiger partial charge in [-0.1, -0.05) is 57.5 Å². The Bertz CT molecular complexity index is 2080. The first-order valence-electron chi connectivity index (χ1n) is 19.5. The predicted molar refractivity (Wildman–Crippen MR) is 209 cm³/mol. The summed E-state index contributed by atoms with van der Waals surface area (Å²) in [7, 11) is 0. The molecule has 0 saturated heterocycles. The summed E-state index contributed by atoms with van der Waals surface area (Å²) in [4.78, 5) is 75.1. The van der Waals surface area contributed by atoms with Crippen molar-refractivity contribution in [1.82, 2.24) is 24.9 Å². The molecule has 3 aromatic rings. The Balaban J connectivity index is 0.00000107. The number of Topliss-reactive ketones (excluding diaryl/α,β-unsaturated/α-hetero) is 1. The Hall–Kier alpha value is -5.82. The van der Waals surface area contributed by atoms with Crippen LogP contribution in [0.25, 0.3) is 5.69 Å². The number of carboxylic acid groups (broad SMARTS) is 1. The zero-order valence-electron chi connectivity index (χ0n) is 33.8. The van der Waals surface area contributed by atoms with E-state index in [-0.39, 0.29) is 55.8 Å². The maximum Gasteiger partial charge on any atom is 0.490 e. The molecule has 330 valence electrons. The summed E-state index contributed by atoms with van der Waals surface area (Å²) >= 11 is 0. The van der Waals surface area contributed by atoms with Crippen LogP contribution in [0.4, 0.5) is 22.0 Å². The number of hydrogen-bond donors (Lipinski definition) is 4. The van der Waals surface area contributed by atoms with E-state index in [9.17, 15) is 46.6 Å². The lowest BCUT2D eigenvalue weighted by Crippen LogP contribution is -2.46. The Morgan fingerprint density at radius 1 is 1.00 bits per heavy atom. The highest BCUT2D eigenvalue weighted by atomic mass is 19.4. The van der Waals surface area contributed by atoms with E-state index in [1.54, 1.807) is 6.20 Å². The molecule has 4 atom stereocenters. The number of aliphatic hydroxyl groups is 1. The topological polar surface area (TPSA) is 205 Å². The van der Waals surface area contributed by atoms with Crippen LogP contribution in [0.3, 0.4) is 0 Å². The largest absolute Gasteiger partial charge is 0.490 e. The minimum absolute atomic E-state index is 0.0163. The van der Waals surface area contributed by atoms with Gasteiger partial charge in [0, 0.05) is 68.4 Å². The van der Waals surface area contributed by atoms with Crippen LogP contribution < -0.4 is 11.1 Å². The van der Waals surface area contributed by atoms with Crippen molar-refractivity contribution in [3.8, 4) is 5.69 Å². The van der Waals surface area contributed by atoms with Crippen LogP contribution in [0.1, 0.15) is 75.7 Å². The first kappa shape index (κ1) is 47.9. The number of rotatable bonds is 16. The minimum atomic E-state index is -5.08. The van der Waals surface area contributed by atoms with E-state index < -0.39 is 71.5 Å². The van der Waals surface area contributed by atoms with Crippen molar-refractivity contribution in [1.29, 1.82) is 0 Å². The molecular formula is C42H49F5N6O8. The number of hydrogen-bond acceptors (Lipinski definition) is 9. The molecule has 2 heterocycles. The Labute approximate surface area is 348 Å². The second-order valence-corrected chi connectivity index (χ2v) is 15.9. The quantitative estimate of drug-likeness (QED) is 0.118. The van der Waals surface area contributed by atoms with Gasteiger partial charge in [0.25, 0.3) is 11.8 Å². The van der Waals surface area contributed by atoms with E-state index >= 15 is 4.39 Å². The van der Waals surface area contributed by atoms with E-state index in [1.807, 2.05) is 51.1 Å². The normalized spacial score (nSPS) is 17.4. The summed E-state index contributed by atoms with van der Waals surface area (Å²) in [6.07, 6.45) is 1.38. The SMILES string of the molecule is CC(C)(C)[C@H](c1nn(-c2cc(F)ccc2F)cc1Cc1ccccc1)N(CC[C@H](N)C(=O)C[C@H]1CCC[C@H]1C(=O)NCCN1C(=O)C=CC1=O)C(=O)CO.O=C(O)C(F)(F)F. The van der Waals surface area contributed by atoms with Crippen LogP contribution in [0, 0.1) is 28.9 Å². The summed E-state index contributed by atoms with van der Waals surface area (Å²) in [5.41, 5.74) is 7.65. The molecule has 1 aliphatic heterocycles. The van der Waals surface area contributed by atoms with Crippen LogP contribution in [0.5, 0.6) is 0 Å². The van der Waals surface area contributed by atoms with Gasteiger partial charge in [0.05, 0.1) is 17.8 Å². The third kappa shape index (κ3) is 12.8. The maximum absolute atomic E-state index is 15.0. The first-order valence-corrected chi connectivity index (χ1v) is 19.5. The molecule has 14 nitrogen and oxygen atoms in total. The number of aromatic nitrogens is 2. The lowest BCUT2D eigenvalue weighted by atomic mass is 9.81. The Morgan fingerprint density at radius 3 is 2.23 bits per heavy atom. The highest BCUT2D eigenvalue weighted by Gasteiger charge is 2.40. The van der Waals surface area contributed by atoms with Gasteiger partial charge >= 0.3 is 12.1 Å². The number of carboxylic acids is 1. The fraction of sp³-hybridized carbons (Fsp3) is 0.452. The number of nitrogens with one attached hydrogen (secondary N) is 1. The van der Waals surface area contributed by atoms with Gasteiger partial charge in [-0.3, -0.25) is 28.9 Å². The molecule has 1 fully saturated rings. The zero-order chi connectivity index (χ0) is 45.2. The average Bonchev–Trinajstić information content (AvgIpc) is 3.92. The summed E-state index contributed by atoms with van der Waals surface area (Å²) in [6.45, 7) is 5.01. The molecule has 4 amide bonds. The zero-order valence-corrected chi connectivity index (χ0v) is 33.8. The van der Waals surface area contributed by atoms with Gasteiger partial charge in [0.1, 0.15) is 29.7 Å². The van der Waals surface area contributed by atoms with Crippen molar-refractivity contribution < 1.29 is 60.9 Å². The van der Waals surface area contributed by atoms with Gasteiger partial charge in [0.15, 0.2) is 0 Å². The number of benzene rings is 2. The van der Waals surface area contributed by atoms with Gasteiger partial charge in [0.2, 0.25) is 11.8 Å². The van der Waals surface area contributed by atoms with Crippen molar-refractivity contribution >= 4 is 35.4 Å². The Morgan fingerprint density at radius 2 is 1.64 bits per heavy atom. The lowest BCUT2D eigenvalue weighted by molar-refractivity contribution is -0.192. The second-order valence-electron chi connectivity index (χ2n) is 15.9. The van der Waals surface area contributed by atoms with Crippen molar-refractivity contribution in [3.05, 3.63) is 95.3 Å². The maximum atomic E-state index is 15.0. The van der Waals surface area contributed by atoms with Gasteiger partial charge in [-0.25, -0.2) is 18.3 Å². The number of alkyl halides is 3. The summed E-state index contributed by atoms with van der Waals surface area (Å²) in [6, 6.07) is 10.8. The minimum Gasteiger partial charge on any atom is -0.475 e. The van der Waals surface area contributed by atoms with E-state index in [0.29, 0.717) is 30.5 Å². The fourth-order valence-corrected chi connectivity index (χ4v) is 7.45. The van der Waals surface area contributed by atoms with Gasteiger partial charge in [-0.05, 0) is 48.3 Å². The number of amides is 4. The molecule has 2 aromatic carbocycles. The lowest BCUT2D eigenvalue weighted by Gasteiger charge is -2.40. The number of aliphatic hydroxyl groups excluding tert-OH is 1. The van der Waals surface area contributed by atoms with Crippen LogP contribution in [0.15, 0.2) is 66.9 Å². The van der Waals surface area contributed by atoms with E-state index in [4.69, 9.17) is 20.7 Å². The molecule has 1 aromatic heterocycles. The van der Waals surface area contributed by atoms with Crippen molar-refractivity contribution in [2.45, 2.75) is 77.6 Å². The number of carbonyl (C=O) groups is 6. The molecule has 0 bridgehead atoms. The third-order valence-electron chi connectivity index (χ3n) is 10.4. The third-order valence-corrected chi connectivity index (χ3v) is 10.4. The van der Waals surface area contributed by atoms with Gasteiger partial charge in [-0.15, -0.1) is 0 Å². The molecule has 61 heavy (non-hydrogen) atoms. The summed E-state index contributed by atoms with van der Waals surface area (Å²) < 4.78 is 62.3. The number of nitrogens with two attached hydrogens (primary N) is 1. The van der Waals surface area contributed by atoms with Crippen molar-refractivity contribution in [3.63, 3.8) is 0 Å². The molecule has 0 unspecified atom stereocenters. The number of nitrogens with zero attached hydrogens (tertiary/aromatic N) is 4. The van der Waals surface area contributed by atoms with Crippen LogP contribution >= 0.6 is 0 Å². The van der Waals surface area contributed by atoms with E-state index in [0.717, 1.165) is 35.1 Å². The van der Waals surface area contributed by atoms with Crippen LogP contribution in [0.2, 0.25) is 0 Å². The summed E-state index contributed by atoms with van der Waals surface area (Å²) in [5.74, 6) is -6.75. The smallest absolute Gasteiger partial charge is 0.475 e. The number of imide groups is 1. The Kier molecular flexibility index (Phi) is 16.2. The van der Waals surface area contributed by atoms with Crippen LogP contribution in [-0.2, 0) is 35.2 Å². The first-order chi connectivity index (χ1) is 28.6. The molecular weight excluding hydrogens is 811 g/mol. The van der Waals surface area contributed by atoms with Gasteiger partial charge < -0.3 is 26.2 Å². The molecule has 0 radical (unpaired) electrons. The standard InChI is InChI=1S/C40H48F2N6O6.C2HF3O2/c1-40(2,3)38(37-27(20-25-8-5-4-6-9-25)23-48(45-37)32-22-28(41)12-13-30(32)42)47(36(53)24-49)18-16-31(43)33(50)21-26-10-7-11-29(26)39(54)44-17-19-46-34(51)14-15-35(46)52;3-2(4,5)1(6)7/h4-6,8-9,12-15,22-23,26,29,31,38,49H,7,10-11,16-21,24,43H2,1-3H3,(H,44,54);(H,6,7)/t26-,29-,31+,38+;/m1./s1. The number of ketones is 1. The van der Waals surface area contributed by atoms with Crippen molar-refractivity contribution in [2.24, 2.45) is 23.0 Å². The monoisotopic (exact) mass is 860 g/mol. The highest BCUT2D eigenvalue weighted by Crippen LogP contribution is 2.40.